The number of carbonyl (C=O) groups excluding carboxylic acids is 2. The van der Waals surface area contributed by atoms with E-state index in [9.17, 15) is 14.0 Å². The SMILES string of the molecule is CC(=O)NC[C@H]1CN(c2ccc(C3=C[C@H]4[C@H](C#N)[C@H]4C3)c(F)c2)C(=O)O1. The van der Waals surface area contributed by atoms with Gasteiger partial charge in [0.05, 0.1) is 30.8 Å². The number of ether oxygens (including phenoxy) is 1. The van der Waals surface area contributed by atoms with Crippen molar-refractivity contribution in [2.75, 3.05) is 18.0 Å². The number of nitriles is 1. The number of hydrogen-bond acceptors (Lipinski definition) is 4. The number of halogens is 1. The molecule has 2 aliphatic carbocycles. The molecule has 2 amide bonds. The van der Waals surface area contributed by atoms with E-state index in [4.69, 9.17) is 10.00 Å². The fourth-order valence-electron chi connectivity index (χ4n) is 3.86. The fraction of sp³-hybridized carbons (Fsp3) is 0.421. The third-order valence-electron chi connectivity index (χ3n) is 5.29. The topological polar surface area (TPSA) is 82.4 Å². The predicted octanol–water partition coefficient (Wildman–Crippen LogP) is 2.46. The first-order chi connectivity index (χ1) is 12.5. The Labute approximate surface area is 150 Å². The summed E-state index contributed by atoms with van der Waals surface area (Å²) in [4.78, 5) is 24.4. The molecule has 1 saturated carbocycles. The molecule has 26 heavy (non-hydrogen) atoms. The third-order valence-corrected chi connectivity index (χ3v) is 5.29. The number of cyclic esters (lactones) is 1. The zero-order chi connectivity index (χ0) is 18.4. The average molecular weight is 355 g/mol. The smallest absolute Gasteiger partial charge is 0.414 e. The second kappa shape index (κ2) is 6.13. The van der Waals surface area contributed by atoms with Crippen LogP contribution in [0, 0.1) is 34.9 Å². The third kappa shape index (κ3) is 2.81. The van der Waals surface area contributed by atoms with Gasteiger partial charge in [-0.3, -0.25) is 9.69 Å². The Kier molecular flexibility index (Phi) is 3.91. The minimum atomic E-state index is -0.550. The first kappa shape index (κ1) is 16.6. The highest BCUT2D eigenvalue weighted by Gasteiger charge is 2.53. The van der Waals surface area contributed by atoms with Crippen LogP contribution in [0.4, 0.5) is 14.9 Å². The number of benzene rings is 1. The lowest BCUT2D eigenvalue weighted by atomic mass is 10.00. The first-order valence-electron chi connectivity index (χ1n) is 8.60. The number of amides is 2. The van der Waals surface area contributed by atoms with Gasteiger partial charge in [-0.2, -0.15) is 5.26 Å². The van der Waals surface area contributed by atoms with Gasteiger partial charge in [0.2, 0.25) is 5.91 Å². The van der Waals surface area contributed by atoms with E-state index in [-0.39, 0.29) is 36.6 Å². The van der Waals surface area contributed by atoms with Crippen molar-refractivity contribution in [3.8, 4) is 6.07 Å². The molecule has 3 aliphatic rings. The lowest BCUT2D eigenvalue weighted by molar-refractivity contribution is -0.119. The molecule has 4 atom stereocenters. The van der Waals surface area contributed by atoms with E-state index in [1.54, 1.807) is 12.1 Å². The molecule has 1 aliphatic heterocycles. The van der Waals surface area contributed by atoms with E-state index in [1.165, 1.54) is 17.9 Å². The molecule has 7 heteroatoms. The van der Waals surface area contributed by atoms with E-state index in [1.807, 2.05) is 6.08 Å². The molecule has 1 aromatic carbocycles. The predicted molar refractivity (Wildman–Crippen MR) is 91.4 cm³/mol. The molecule has 134 valence electrons. The second-order valence-electron chi connectivity index (χ2n) is 7.01. The minimum Gasteiger partial charge on any atom is -0.442 e. The molecule has 0 spiro atoms. The Balaban J connectivity index is 1.47. The number of nitrogens with zero attached hydrogens (tertiary/aromatic N) is 2. The van der Waals surface area contributed by atoms with Crippen LogP contribution in [0.1, 0.15) is 18.9 Å². The highest BCUT2D eigenvalue weighted by Crippen LogP contribution is 2.57. The molecule has 6 nitrogen and oxygen atoms in total. The molecule has 0 aromatic heterocycles. The summed E-state index contributed by atoms with van der Waals surface area (Å²) in [6.07, 6.45) is 1.72. The van der Waals surface area contributed by atoms with Crippen molar-refractivity contribution in [3.05, 3.63) is 35.7 Å². The van der Waals surface area contributed by atoms with Gasteiger partial charge in [0.25, 0.3) is 0 Å². The summed E-state index contributed by atoms with van der Waals surface area (Å²) in [6, 6.07) is 6.99. The van der Waals surface area contributed by atoms with Crippen LogP contribution in [0.5, 0.6) is 0 Å². The zero-order valence-electron chi connectivity index (χ0n) is 14.2. The number of anilines is 1. The molecule has 4 rings (SSSR count). The molecule has 0 radical (unpaired) electrons. The number of fused-ring (bicyclic) bond motifs is 1. The van der Waals surface area contributed by atoms with Gasteiger partial charge < -0.3 is 10.1 Å². The molecule has 1 N–H and O–H groups in total. The van der Waals surface area contributed by atoms with Crippen LogP contribution in [-0.4, -0.2) is 31.2 Å². The summed E-state index contributed by atoms with van der Waals surface area (Å²) in [7, 11) is 0. The number of carbonyl (C=O) groups is 2. The number of hydrogen-bond donors (Lipinski definition) is 1. The van der Waals surface area contributed by atoms with Crippen molar-refractivity contribution in [2.24, 2.45) is 17.8 Å². The van der Waals surface area contributed by atoms with Crippen LogP contribution < -0.4 is 10.2 Å². The van der Waals surface area contributed by atoms with E-state index < -0.39 is 12.2 Å². The number of nitrogens with one attached hydrogen (secondary N) is 1. The van der Waals surface area contributed by atoms with Crippen LogP contribution in [0.3, 0.4) is 0 Å². The van der Waals surface area contributed by atoms with Crippen molar-refractivity contribution in [2.45, 2.75) is 19.4 Å². The maximum absolute atomic E-state index is 14.6. The first-order valence-corrected chi connectivity index (χ1v) is 8.60. The van der Waals surface area contributed by atoms with Crippen LogP contribution in [0.25, 0.3) is 5.57 Å². The standard InChI is InChI=1S/C19H18FN3O3/c1-10(24)22-8-13-9-23(19(25)26-13)12-2-3-14(18(20)6-12)11-4-15-16(5-11)17(15)7-21/h2-4,6,13,15-17H,5,8-9H2,1H3,(H,22,24)/t13-,15+,16-,17-/m0/s1. The summed E-state index contributed by atoms with van der Waals surface area (Å²) < 4.78 is 19.8. The van der Waals surface area contributed by atoms with Gasteiger partial charge >= 0.3 is 6.09 Å². The normalized spacial score (nSPS) is 28.9. The van der Waals surface area contributed by atoms with Gasteiger partial charge in [0, 0.05) is 12.5 Å². The molecule has 1 heterocycles. The lowest BCUT2D eigenvalue weighted by Gasteiger charge is -2.15. The molecular weight excluding hydrogens is 337 g/mol. The Hall–Kier alpha value is -2.88. The Morgan fingerprint density at radius 2 is 2.31 bits per heavy atom. The van der Waals surface area contributed by atoms with E-state index in [0.29, 0.717) is 17.2 Å². The summed E-state index contributed by atoms with van der Waals surface area (Å²) in [5.41, 5.74) is 1.89. The number of rotatable bonds is 4. The summed E-state index contributed by atoms with van der Waals surface area (Å²) in [6.45, 7) is 1.88. The maximum atomic E-state index is 14.6. The van der Waals surface area contributed by atoms with Crippen LogP contribution in [0.15, 0.2) is 24.3 Å². The summed E-state index contributed by atoms with van der Waals surface area (Å²) in [5, 5.41) is 11.6. The lowest BCUT2D eigenvalue weighted by Crippen LogP contribution is -2.33. The van der Waals surface area contributed by atoms with Gasteiger partial charge in [-0.1, -0.05) is 6.08 Å². The van der Waals surface area contributed by atoms with Crippen LogP contribution in [0.2, 0.25) is 0 Å². The van der Waals surface area contributed by atoms with E-state index >= 15 is 0 Å². The second-order valence-corrected chi connectivity index (χ2v) is 7.01. The van der Waals surface area contributed by atoms with Crippen molar-refractivity contribution in [1.29, 1.82) is 5.26 Å². The van der Waals surface area contributed by atoms with Crippen molar-refractivity contribution in [3.63, 3.8) is 0 Å². The zero-order valence-corrected chi connectivity index (χ0v) is 14.2. The molecule has 1 aromatic rings. The number of allylic oxidation sites excluding steroid dienone is 2. The summed E-state index contributed by atoms with van der Waals surface area (Å²) in [5.74, 6) is 0.0911. The monoisotopic (exact) mass is 355 g/mol. The van der Waals surface area contributed by atoms with Gasteiger partial charge in [-0.15, -0.1) is 0 Å². The quantitative estimate of drug-likeness (QED) is 0.899. The largest absolute Gasteiger partial charge is 0.442 e. The highest BCUT2D eigenvalue weighted by molar-refractivity contribution is 5.90. The Bertz CT molecular complexity index is 860. The molecule has 0 bridgehead atoms. The molecule has 0 unspecified atom stereocenters. The van der Waals surface area contributed by atoms with Crippen molar-refractivity contribution >= 4 is 23.3 Å². The maximum Gasteiger partial charge on any atom is 0.414 e. The van der Waals surface area contributed by atoms with E-state index in [2.05, 4.69) is 11.4 Å². The average Bonchev–Trinajstić information content (AvgIpc) is 2.93. The van der Waals surface area contributed by atoms with Gasteiger partial charge in [-0.25, -0.2) is 9.18 Å². The van der Waals surface area contributed by atoms with Crippen molar-refractivity contribution < 1.29 is 18.7 Å². The van der Waals surface area contributed by atoms with Crippen LogP contribution in [-0.2, 0) is 9.53 Å². The Morgan fingerprint density at radius 1 is 1.50 bits per heavy atom. The summed E-state index contributed by atoms with van der Waals surface area (Å²) >= 11 is 0. The van der Waals surface area contributed by atoms with Crippen molar-refractivity contribution in [1.82, 2.24) is 5.32 Å². The van der Waals surface area contributed by atoms with Crippen LogP contribution >= 0.6 is 0 Å². The molecular formula is C19H18FN3O3. The Morgan fingerprint density at radius 3 is 2.92 bits per heavy atom. The van der Waals surface area contributed by atoms with Gasteiger partial charge in [0.1, 0.15) is 11.9 Å². The van der Waals surface area contributed by atoms with Gasteiger partial charge in [-0.05, 0) is 42.0 Å². The highest BCUT2D eigenvalue weighted by atomic mass is 19.1. The van der Waals surface area contributed by atoms with Gasteiger partial charge in [0.15, 0.2) is 0 Å². The molecule has 2 fully saturated rings. The minimum absolute atomic E-state index is 0.0843. The molecule has 1 saturated heterocycles. The fourth-order valence-corrected chi connectivity index (χ4v) is 3.86. The van der Waals surface area contributed by atoms with E-state index in [0.717, 1.165) is 12.0 Å².